The summed E-state index contributed by atoms with van der Waals surface area (Å²) in [5.41, 5.74) is -0.182. The van der Waals surface area contributed by atoms with Crippen molar-refractivity contribution >= 4 is 11.9 Å². The molecule has 1 heterocycles. The third-order valence-electron chi connectivity index (χ3n) is 3.65. The molecule has 2 fully saturated rings. The summed E-state index contributed by atoms with van der Waals surface area (Å²) in [4.78, 5) is 23.1. The minimum absolute atomic E-state index is 0.0900. The van der Waals surface area contributed by atoms with Crippen molar-refractivity contribution in [2.45, 2.75) is 51.4 Å². The second kappa shape index (κ2) is 5.52. The standard InChI is InChI=1S/C13H20O4/c14-11-5-3-1-2-4-6-13(7-8-13)12(15)17-10-9-16-11/h1-10H2. The van der Waals surface area contributed by atoms with Crippen LogP contribution in [0.25, 0.3) is 0 Å². The summed E-state index contributed by atoms with van der Waals surface area (Å²) in [6, 6.07) is 0. The van der Waals surface area contributed by atoms with Crippen LogP contribution in [-0.4, -0.2) is 25.2 Å². The van der Waals surface area contributed by atoms with Gasteiger partial charge in [0.05, 0.1) is 5.41 Å². The smallest absolute Gasteiger partial charge is 0.312 e. The number of esters is 2. The molecular formula is C13H20O4. The summed E-state index contributed by atoms with van der Waals surface area (Å²) >= 11 is 0. The Morgan fingerprint density at radius 2 is 1.53 bits per heavy atom. The van der Waals surface area contributed by atoms with E-state index in [0.29, 0.717) is 6.42 Å². The van der Waals surface area contributed by atoms with Crippen molar-refractivity contribution in [3.05, 3.63) is 0 Å². The predicted octanol–water partition coefficient (Wildman–Crippen LogP) is 2.21. The molecule has 1 spiro atoms. The van der Waals surface area contributed by atoms with E-state index in [1.807, 2.05) is 0 Å². The molecule has 0 amide bonds. The lowest BCUT2D eigenvalue weighted by molar-refractivity contribution is -0.156. The van der Waals surface area contributed by atoms with Gasteiger partial charge >= 0.3 is 11.9 Å². The van der Waals surface area contributed by atoms with Crippen LogP contribution in [0.2, 0.25) is 0 Å². The zero-order chi connectivity index (χ0) is 12.1. The van der Waals surface area contributed by atoms with Gasteiger partial charge in [-0.05, 0) is 25.7 Å². The number of rotatable bonds is 0. The van der Waals surface area contributed by atoms with Gasteiger partial charge in [0, 0.05) is 6.42 Å². The fraction of sp³-hybridized carbons (Fsp3) is 0.846. The highest BCUT2D eigenvalue weighted by molar-refractivity contribution is 5.79. The largest absolute Gasteiger partial charge is 0.462 e. The molecule has 4 nitrogen and oxygen atoms in total. The van der Waals surface area contributed by atoms with Crippen LogP contribution < -0.4 is 0 Å². The maximum absolute atomic E-state index is 11.8. The monoisotopic (exact) mass is 240 g/mol. The van der Waals surface area contributed by atoms with Crippen LogP contribution in [0.5, 0.6) is 0 Å². The van der Waals surface area contributed by atoms with Gasteiger partial charge in [0.15, 0.2) is 0 Å². The third kappa shape index (κ3) is 3.45. The van der Waals surface area contributed by atoms with E-state index in [1.165, 1.54) is 0 Å². The van der Waals surface area contributed by atoms with Crippen LogP contribution in [0.15, 0.2) is 0 Å². The van der Waals surface area contributed by atoms with Gasteiger partial charge in [-0.3, -0.25) is 9.59 Å². The van der Waals surface area contributed by atoms with Crippen molar-refractivity contribution < 1.29 is 19.1 Å². The molecule has 4 heteroatoms. The summed E-state index contributed by atoms with van der Waals surface area (Å²) in [5, 5.41) is 0. The fourth-order valence-corrected chi connectivity index (χ4v) is 2.31. The predicted molar refractivity (Wildman–Crippen MR) is 61.3 cm³/mol. The van der Waals surface area contributed by atoms with E-state index >= 15 is 0 Å². The summed E-state index contributed by atoms with van der Waals surface area (Å²) in [5.74, 6) is -0.269. The van der Waals surface area contributed by atoms with Crippen LogP contribution in [0.1, 0.15) is 51.4 Å². The Hall–Kier alpha value is -1.06. The van der Waals surface area contributed by atoms with Gasteiger partial charge in [-0.2, -0.15) is 0 Å². The molecule has 0 aromatic heterocycles. The van der Waals surface area contributed by atoms with Crippen LogP contribution in [0.4, 0.5) is 0 Å². The summed E-state index contributed by atoms with van der Waals surface area (Å²) < 4.78 is 10.1. The molecule has 1 aliphatic carbocycles. The molecule has 96 valence electrons. The van der Waals surface area contributed by atoms with Gasteiger partial charge in [0.25, 0.3) is 0 Å². The first-order chi connectivity index (χ1) is 8.23. The first-order valence-electron chi connectivity index (χ1n) is 6.56. The highest BCUT2D eigenvalue weighted by Crippen LogP contribution is 2.51. The number of hydrogen-bond donors (Lipinski definition) is 0. The average Bonchev–Trinajstić information content (AvgIpc) is 3.09. The summed E-state index contributed by atoms with van der Waals surface area (Å²) in [6.45, 7) is 0.396. The van der Waals surface area contributed by atoms with Crippen molar-refractivity contribution in [3.63, 3.8) is 0 Å². The highest BCUT2D eigenvalue weighted by Gasteiger charge is 2.50. The number of carbonyl (C=O) groups excluding carboxylic acids is 2. The Labute approximate surface area is 102 Å². The molecule has 2 rings (SSSR count). The van der Waals surface area contributed by atoms with Crippen LogP contribution in [0.3, 0.4) is 0 Å². The van der Waals surface area contributed by atoms with Crippen molar-refractivity contribution in [2.24, 2.45) is 5.41 Å². The first kappa shape index (κ1) is 12.4. The molecule has 1 aliphatic heterocycles. The third-order valence-corrected chi connectivity index (χ3v) is 3.65. The van der Waals surface area contributed by atoms with Crippen LogP contribution in [0, 0.1) is 5.41 Å². The zero-order valence-corrected chi connectivity index (χ0v) is 10.2. The summed E-state index contributed by atoms with van der Waals surface area (Å²) in [7, 11) is 0. The Balaban J connectivity index is 1.85. The lowest BCUT2D eigenvalue weighted by atomic mass is 9.98. The molecule has 17 heavy (non-hydrogen) atoms. The second-order valence-electron chi connectivity index (χ2n) is 5.05. The van der Waals surface area contributed by atoms with Crippen molar-refractivity contribution in [3.8, 4) is 0 Å². The molecule has 0 aromatic rings. The maximum Gasteiger partial charge on any atom is 0.312 e. The molecular weight excluding hydrogens is 220 g/mol. The van der Waals surface area contributed by atoms with Gasteiger partial charge in [-0.1, -0.05) is 19.3 Å². The molecule has 1 saturated heterocycles. The molecule has 0 N–H and O–H groups in total. The average molecular weight is 240 g/mol. The molecule has 0 unspecified atom stereocenters. The first-order valence-corrected chi connectivity index (χ1v) is 6.56. The SMILES string of the molecule is O=C1CCCCCCC2(CC2)C(=O)OCCO1. The van der Waals surface area contributed by atoms with E-state index in [1.54, 1.807) is 0 Å². The Morgan fingerprint density at radius 1 is 0.824 bits per heavy atom. The van der Waals surface area contributed by atoms with Crippen molar-refractivity contribution in [1.82, 2.24) is 0 Å². The fourth-order valence-electron chi connectivity index (χ4n) is 2.31. The Morgan fingerprint density at radius 3 is 2.29 bits per heavy atom. The van der Waals surface area contributed by atoms with E-state index in [2.05, 4.69) is 0 Å². The summed E-state index contributed by atoms with van der Waals surface area (Å²) in [6.07, 6.45) is 7.43. The number of carbonyl (C=O) groups is 2. The molecule has 0 atom stereocenters. The molecule has 0 aromatic carbocycles. The minimum atomic E-state index is -0.182. The topological polar surface area (TPSA) is 52.6 Å². The Kier molecular flexibility index (Phi) is 4.02. The normalized spacial score (nSPS) is 26.1. The molecule has 1 saturated carbocycles. The molecule has 0 radical (unpaired) electrons. The van der Waals surface area contributed by atoms with Gasteiger partial charge in [0.1, 0.15) is 13.2 Å². The lowest BCUT2D eigenvalue weighted by Crippen LogP contribution is -2.21. The van der Waals surface area contributed by atoms with Crippen LogP contribution >= 0.6 is 0 Å². The van der Waals surface area contributed by atoms with Gasteiger partial charge in [-0.25, -0.2) is 0 Å². The highest BCUT2D eigenvalue weighted by atomic mass is 16.6. The minimum Gasteiger partial charge on any atom is -0.462 e. The van der Waals surface area contributed by atoms with Gasteiger partial charge in [-0.15, -0.1) is 0 Å². The second-order valence-corrected chi connectivity index (χ2v) is 5.05. The quantitative estimate of drug-likeness (QED) is 0.609. The Bertz CT molecular complexity index is 294. The number of hydrogen-bond acceptors (Lipinski definition) is 4. The molecule has 0 bridgehead atoms. The van der Waals surface area contributed by atoms with Gasteiger partial charge < -0.3 is 9.47 Å². The maximum atomic E-state index is 11.8. The van der Waals surface area contributed by atoms with E-state index < -0.39 is 0 Å². The van der Waals surface area contributed by atoms with E-state index in [0.717, 1.165) is 44.9 Å². The van der Waals surface area contributed by atoms with E-state index in [-0.39, 0.29) is 30.6 Å². The number of cyclic esters (lactones) is 2. The number of ether oxygens (including phenoxy) is 2. The van der Waals surface area contributed by atoms with E-state index in [4.69, 9.17) is 9.47 Å². The molecule has 2 aliphatic rings. The lowest BCUT2D eigenvalue weighted by Gasteiger charge is -2.13. The van der Waals surface area contributed by atoms with E-state index in [9.17, 15) is 9.59 Å². The van der Waals surface area contributed by atoms with Crippen molar-refractivity contribution in [2.75, 3.05) is 13.2 Å². The van der Waals surface area contributed by atoms with Crippen LogP contribution in [-0.2, 0) is 19.1 Å². The van der Waals surface area contributed by atoms with Gasteiger partial charge in [0.2, 0.25) is 0 Å². The van der Waals surface area contributed by atoms with Crippen molar-refractivity contribution in [1.29, 1.82) is 0 Å². The zero-order valence-electron chi connectivity index (χ0n) is 10.2.